The van der Waals surface area contributed by atoms with Crippen LogP contribution < -0.4 is 15.2 Å². The van der Waals surface area contributed by atoms with Gasteiger partial charge in [0.25, 0.3) is 5.91 Å². The Morgan fingerprint density at radius 1 is 1.26 bits per heavy atom. The van der Waals surface area contributed by atoms with Crippen LogP contribution in [0.4, 0.5) is 5.69 Å². The van der Waals surface area contributed by atoms with E-state index < -0.39 is 15.9 Å². The molecule has 7 nitrogen and oxygen atoms in total. The Kier molecular flexibility index (Phi) is 5.45. The van der Waals surface area contributed by atoms with E-state index in [2.05, 4.69) is 5.32 Å². The molecule has 1 amide bonds. The van der Waals surface area contributed by atoms with Crippen molar-refractivity contribution in [3.05, 3.63) is 53.8 Å². The van der Waals surface area contributed by atoms with Gasteiger partial charge in [-0.25, -0.2) is 13.6 Å². The minimum atomic E-state index is -4.01. The van der Waals surface area contributed by atoms with E-state index in [0.29, 0.717) is 11.3 Å². The second-order valence-corrected chi connectivity index (χ2v) is 8.10. The number of primary sulfonamides is 1. The van der Waals surface area contributed by atoms with Crippen molar-refractivity contribution in [1.82, 2.24) is 0 Å². The fourth-order valence-corrected chi connectivity index (χ4v) is 4.03. The molecule has 142 valence electrons. The Morgan fingerprint density at radius 3 is 2.67 bits per heavy atom. The highest BCUT2D eigenvalue weighted by Crippen LogP contribution is 2.30. The van der Waals surface area contributed by atoms with E-state index in [4.69, 9.17) is 14.3 Å². The van der Waals surface area contributed by atoms with Crippen molar-refractivity contribution in [3.63, 3.8) is 0 Å². The number of hydrogen-bond donors (Lipinski definition) is 2. The molecular formula is C18H18N2O5S2. The standard InChI is InChI=1S/C18H18N2O5S2/c1-24-15-8-7-11(9-16(15)27(19,22)23)20-18(21)17-13(10-26-2)12-5-3-4-6-14(12)25-17/h3-9H,10H2,1-2H3,(H,20,21)(H2,19,22,23). The molecule has 0 spiro atoms. The van der Waals surface area contributed by atoms with Crippen LogP contribution in [-0.2, 0) is 15.8 Å². The van der Waals surface area contributed by atoms with Crippen LogP contribution in [0.3, 0.4) is 0 Å². The normalized spacial score (nSPS) is 11.5. The molecule has 0 aliphatic rings. The van der Waals surface area contributed by atoms with Crippen LogP contribution in [-0.4, -0.2) is 27.7 Å². The van der Waals surface area contributed by atoms with Gasteiger partial charge in [0.15, 0.2) is 5.76 Å². The Hall–Kier alpha value is -2.49. The van der Waals surface area contributed by atoms with Gasteiger partial charge in [0.1, 0.15) is 16.2 Å². The maximum Gasteiger partial charge on any atom is 0.291 e. The summed E-state index contributed by atoms with van der Waals surface area (Å²) in [7, 11) is -2.67. The van der Waals surface area contributed by atoms with Gasteiger partial charge in [0, 0.05) is 22.4 Å². The maximum atomic E-state index is 12.8. The number of hydrogen-bond acceptors (Lipinski definition) is 6. The number of rotatable bonds is 6. The van der Waals surface area contributed by atoms with E-state index in [0.717, 1.165) is 10.9 Å². The van der Waals surface area contributed by atoms with E-state index in [9.17, 15) is 13.2 Å². The van der Waals surface area contributed by atoms with Crippen molar-refractivity contribution in [2.45, 2.75) is 10.6 Å². The van der Waals surface area contributed by atoms with Gasteiger partial charge in [-0.3, -0.25) is 4.79 Å². The second kappa shape index (κ2) is 7.63. The lowest BCUT2D eigenvalue weighted by atomic mass is 10.1. The van der Waals surface area contributed by atoms with Gasteiger partial charge in [-0.15, -0.1) is 0 Å². The number of amides is 1. The summed E-state index contributed by atoms with van der Waals surface area (Å²) in [6.07, 6.45) is 1.94. The Bertz CT molecular complexity index is 1110. The number of carbonyl (C=O) groups excluding carboxylic acids is 1. The summed E-state index contributed by atoms with van der Waals surface area (Å²) < 4.78 is 34.2. The second-order valence-electron chi connectivity index (χ2n) is 5.70. The van der Waals surface area contributed by atoms with Crippen molar-refractivity contribution in [2.75, 3.05) is 18.7 Å². The number of furan rings is 1. The number of thioether (sulfide) groups is 1. The molecule has 1 aromatic heterocycles. The number of carbonyl (C=O) groups is 1. The van der Waals surface area contributed by atoms with Crippen molar-refractivity contribution >= 4 is 44.3 Å². The molecule has 0 aliphatic carbocycles. The van der Waals surface area contributed by atoms with E-state index in [1.807, 2.05) is 24.5 Å². The van der Waals surface area contributed by atoms with Crippen molar-refractivity contribution in [1.29, 1.82) is 0 Å². The first kappa shape index (κ1) is 19.3. The van der Waals surface area contributed by atoms with Gasteiger partial charge in [0.05, 0.1) is 7.11 Å². The zero-order valence-corrected chi connectivity index (χ0v) is 16.3. The SMILES string of the molecule is COc1ccc(NC(=O)c2oc3ccccc3c2CSC)cc1S(N)(=O)=O. The van der Waals surface area contributed by atoms with E-state index in [1.165, 1.54) is 25.3 Å². The van der Waals surface area contributed by atoms with Gasteiger partial charge in [-0.2, -0.15) is 11.8 Å². The van der Waals surface area contributed by atoms with Gasteiger partial charge < -0.3 is 14.5 Å². The molecule has 0 fully saturated rings. The fourth-order valence-electron chi connectivity index (χ4n) is 2.73. The molecule has 0 atom stereocenters. The molecule has 1 heterocycles. The molecule has 9 heteroatoms. The van der Waals surface area contributed by atoms with Crippen LogP contribution in [0.1, 0.15) is 16.1 Å². The summed E-state index contributed by atoms with van der Waals surface area (Å²) in [5.74, 6) is 0.423. The van der Waals surface area contributed by atoms with Crippen LogP contribution in [0.5, 0.6) is 5.75 Å². The highest BCUT2D eigenvalue weighted by atomic mass is 32.2. The molecule has 0 unspecified atom stereocenters. The monoisotopic (exact) mass is 406 g/mol. The minimum absolute atomic E-state index is 0.0994. The zero-order chi connectivity index (χ0) is 19.6. The number of sulfonamides is 1. The quantitative estimate of drug-likeness (QED) is 0.650. The number of para-hydroxylation sites is 1. The van der Waals surface area contributed by atoms with Gasteiger partial charge in [-0.05, 0) is 30.5 Å². The molecule has 27 heavy (non-hydrogen) atoms. The van der Waals surface area contributed by atoms with E-state index in [-0.39, 0.29) is 22.1 Å². The highest BCUT2D eigenvalue weighted by Gasteiger charge is 2.21. The van der Waals surface area contributed by atoms with Gasteiger partial charge in [0.2, 0.25) is 10.0 Å². The molecule has 0 saturated carbocycles. The van der Waals surface area contributed by atoms with Crippen LogP contribution >= 0.6 is 11.8 Å². The van der Waals surface area contributed by atoms with Crippen LogP contribution in [0.2, 0.25) is 0 Å². The zero-order valence-electron chi connectivity index (χ0n) is 14.7. The lowest BCUT2D eigenvalue weighted by molar-refractivity contribution is 0.0997. The molecule has 3 aromatic rings. The average molecular weight is 406 g/mol. The molecule has 3 N–H and O–H groups in total. The van der Waals surface area contributed by atoms with Gasteiger partial charge >= 0.3 is 0 Å². The largest absolute Gasteiger partial charge is 0.495 e. The summed E-state index contributed by atoms with van der Waals surface area (Å²) >= 11 is 1.57. The van der Waals surface area contributed by atoms with Crippen LogP contribution in [0.25, 0.3) is 11.0 Å². The lowest BCUT2D eigenvalue weighted by Crippen LogP contribution is -2.16. The highest BCUT2D eigenvalue weighted by molar-refractivity contribution is 7.97. The lowest BCUT2D eigenvalue weighted by Gasteiger charge is -2.10. The predicted octanol–water partition coefficient (Wildman–Crippen LogP) is 3.20. The summed E-state index contributed by atoms with van der Waals surface area (Å²) in [5.41, 5.74) is 1.67. The third-order valence-corrected chi connectivity index (χ3v) is 5.43. The van der Waals surface area contributed by atoms with E-state index >= 15 is 0 Å². The first-order valence-electron chi connectivity index (χ1n) is 7.86. The van der Waals surface area contributed by atoms with Crippen molar-refractivity contribution in [2.24, 2.45) is 5.14 Å². The Balaban J connectivity index is 1.99. The third-order valence-electron chi connectivity index (χ3n) is 3.92. The molecule has 3 rings (SSSR count). The van der Waals surface area contributed by atoms with E-state index in [1.54, 1.807) is 17.8 Å². The van der Waals surface area contributed by atoms with Crippen molar-refractivity contribution < 1.29 is 22.4 Å². The van der Waals surface area contributed by atoms with Crippen molar-refractivity contribution in [3.8, 4) is 5.75 Å². The molecule has 0 bridgehead atoms. The summed E-state index contributed by atoms with van der Waals surface area (Å²) in [6, 6.07) is 11.6. The molecule has 2 aromatic carbocycles. The number of nitrogens with two attached hydrogens (primary N) is 1. The molecule has 0 radical (unpaired) electrons. The van der Waals surface area contributed by atoms with Crippen LogP contribution in [0, 0.1) is 0 Å². The Morgan fingerprint density at radius 2 is 2.00 bits per heavy atom. The fraction of sp³-hybridized carbons (Fsp3) is 0.167. The summed E-state index contributed by atoms with van der Waals surface area (Å²) in [5, 5.41) is 8.75. The number of fused-ring (bicyclic) bond motifs is 1. The summed E-state index contributed by atoms with van der Waals surface area (Å²) in [6.45, 7) is 0. The molecule has 0 saturated heterocycles. The molecule has 0 aliphatic heterocycles. The number of methoxy groups -OCH3 is 1. The van der Waals surface area contributed by atoms with Gasteiger partial charge in [-0.1, -0.05) is 18.2 Å². The number of ether oxygens (including phenoxy) is 1. The Labute approximate surface area is 160 Å². The third kappa shape index (κ3) is 3.95. The summed E-state index contributed by atoms with van der Waals surface area (Å²) in [4.78, 5) is 12.6. The molecular weight excluding hydrogens is 388 g/mol. The number of anilines is 1. The topological polar surface area (TPSA) is 112 Å². The van der Waals surface area contributed by atoms with Crippen LogP contribution in [0.15, 0.2) is 51.8 Å². The first-order valence-corrected chi connectivity index (χ1v) is 10.8. The minimum Gasteiger partial charge on any atom is -0.495 e. The number of benzene rings is 2. The smallest absolute Gasteiger partial charge is 0.291 e. The number of nitrogens with one attached hydrogen (secondary N) is 1. The maximum absolute atomic E-state index is 12.8. The first-order chi connectivity index (χ1) is 12.8. The predicted molar refractivity (Wildman–Crippen MR) is 106 cm³/mol. The average Bonchev–Trinajstić information content (AvgIpc) is 3.00.